The fourth-order valence-corrected chi connectivity index (χ4v) is 1.48. The van der Waals surface area contributed by atoms with Crippen LogP contribution in [0, 0.1) is 0 Å². The number of rotatable bonds is 11. The van der Waals surface area contributed by atoms with E-state index in [9.17, 15) is 4.79 Å². The van der Waals surface area contributed by atoms with Crippen LogP contribution in [0.25, 0.3) is 0 Å². The minimum atomic E-state index is 0.114. The Morgan fingerprint density at radius 3 is 2.11 bits per heavy atom. The molecule has 0 spiro atoms. The molecular weight excluding hydrogens is 234 g/mol. The summed E-state index contributed by atoms with van der Waals surface area (Å²) in [5.74, 6) is 0.114. The van der Waals surface area contributed by atoms with Gasteiger partial charge in [-0.25, -0.2) is 0 Å². The van der Waals surface area contributed by atoms with E-state index in [4.69, 9.17) is 9.47 Å². The number of ether oxygens (including phenoxy) is 2. The summed E-state index contributed by atoms with van der Waals surface area (Å²) >= 11 is 0. The third-order valence-corrected chi connectivity index (χ3v) is 2.63. The van der Waals surface area contributed by atoms with Crippen molar-refractivity contribution in [2.24, 2.45) is 0 Å². The summed E-state index contributed by atoms with van der Waals surface area (Å²) in [5.41, 5.74) is 0. The smallest absolute Gasteiger partial charge is 0.236 e. The Morgan fingerprint density at radius 1 is 1.11 bits per heavy atom. The first-order chi connectivity index (χ1) is 8.65. The number of nitrogens with one attached hydrogen (secondary N) is 1. The summed E-state index contributed by atoms with van der Waals surface area (Å²) < 4.78 is 10.0. The summed E-state index contributed by atoms with van der Waals surface area (Å²) in [6.45, 7) is 4.47. The highest BCUT2D eigenvalue weighted by molar-refractivity contribution is 5.78. The molecule has 0 unspecified atom stereocenters. The van der Waals surface area contributed by atoms with Crippen LogP contribution in [-0.2, 0) is 14.3 Å². The Labute approximate surface area is 110 Å². The van der Waals surface area contributed by atoms with Crippen molar-refractivity contribution in [1.82, 2.24) is 15.1 Å². The molecule has 0 aromatic carbocycles. The van der Waals surface area contributed by atoms with E-state index in [2.05, 4.69) is 5.32 Å². The van der Waals surface area contributed by atoms with Crippen molar-refractivity contribution in [3.05, 3.63) is 0 Å². The minimum absolute atomic E-state index is 0.114. The molecule has 6 nitrogen and oxygen atoms in total. The van der Waals surface area contributed by atoms with Crippen LogP contribution in [0.4, 0.5) is 0 Å². The second kappa shape index (κ2) is 11.4. The van der Waals surface area contributed by atoms with Gasteiger partial charge in [-0.15, -0.1) is 0 Å². The Balaban J connectivity index is 4.09. The van der Waals surface area contributed by atoms with Gasteiger partial charge in [-0.3, -0.25) is 9.69 Å². The first kappa shape index (κ1) is 17.3. The number of hydrogen-bond donors (Lipinski definition) is 1. The summed E-state index contributed by atoms with van der Waals surface area (Å²) in [6, 6.07) is 0. The van der Waals surface area contributed by atoms with Gasteiger partial charge in [0, 0.05) is 40.4 Å². The number of nitrogens with zero attached hydrogens (tertiary/aromatic N) is 2. The fraction of sp³-hybridized carbons (Fsp3) is 0.917. The van der Waals surface area contributed by atoms with E-state index in [0.29, 0.717) is 32.8 Å². The molecule has 0 rings (SSSR count). The van der Waals surface area contributed by atoms with Crippen LogP contribution in [0.1, 0.15) is 0 Å². The maximum atomic E-state index is 12.1. The maximum Gasteiger partial charge on any atom is 0.236 e. The number of methoxy groups -OCH3 is 2. The molecule has 0 saturated heterocycles. The van der Waals surface area contributed by atoms with E-state index in [-0.39, 0.29) is 5.91 Å². The molecule has 0 aromatic rings. The molecule has 0 saturated carbocycles. The molecule has 1 N–H and O–H groups in total. The van der Waals surface area contributed by atoms with E-state index in [1.807, 2.05) is 19.0 Å². The van der Waals surface area contributed by atoms with Crippen molar-refractivity contribution < 1.29 is 14.3 Å². The van der Waals surface area contributed by atoms with Gasteiger partial charge in [0.2, 0.25) is 5.91 Å². The maximum absolute atomic E-state index is 12.1. The molecule has 0 aliphatic heterocycles. The Bertz CT molecular complexity index is 207. The molecule has 6 heteroatoms. The number of hydrogen-bond acceptors (Lipinski definition) is 5. The Morgan fingerprint density at radius 2 is 1.67 bits per heavy atom. The van der Waals surface area contributed by atoms with Gasteiger partial charge in [0.15, 0.2) is 0 Å². The Kier molecular flexibility index (Phi) is 11.0. The van der Waals surface area contributed by atoms with Crippen molar-refractivity contribution >= 4 is 5.91 Å². The predicted molar refractivity (Wildman–Crippen MR) is 71.8 cm³/mol. The van der Waals surface area contributed by atoms with Gasteiger partial charge < -0.3 is 19.7 Å². The summed E-state index contributed by atoms with van der Waals surface area (Å²) in [4.78, 5) is 15.9. The number of amides is 1. The first-order valence-corrected chi connectivity index (χ1v) is 6.24. The predicted octanol–water partition coefficient (Wildman–Crippen LogP) is -0.741. The third-order valence-electron chi connectivity index (χ3n) is 2.63. The fourth-order valence-electron chi connectivity index (χ4n) is 1.48. The van der Waals surface area contributed by atoms with Gasteiger partial charge in [-0.2, -0.15) is 0 Å². The molecule has 1 amide bonds. The standard InChI is InChI=1S/C12H27N3O3/c1-13-5-6-14(2)11-12(16)15(7-9-17-3)8-10-18-4/h13H,5-11H2,1-4H3. The van der Waals surface area contributed by atoms with Gasteiger partial charge in [0.25, 0.3) is 0 Å². The van der Waals surface area contributed by atoms with Crippen LogP contribution in [-0.4, -0.2) is 90.0 Å². The van der Waals surface area contributed by atoms with Crippen LogP contribution in [0.2, 0.25) is 0 Å². The monoisotopic (exact) mass is 261 g/mol. The second-order valence-electron chi connectivity index (χ2n) is 4.21. The van der Waals surface area contributed by atoms with E-state index in [1.54, 1.807) is 19.1 Å². The number of carbonyl (C=O) groups is 1. The summed E-state index contributed by atoms with van der Waals surface area (Å²) in [7, 11) is 7.12. The zero-order valence-electron chi connectivity index (χ0n) is 12.1. The van der Waals surface area contributed by atoms with Crippen LogP contribution in [0.5, 0.6) is 0 Å². The molecule has 0 aliphatic rings. The van der Waals surface area contributed by atoms with E-state index < -0.39 is 0 Å². The molecule has 0 bridgehead atoms. The minimum Gasteiger partial charge on any atom is -0.383 e. The second-order valence-corrected chi connectivity index (χ2v) is 4.21. The quantitative estimate of drug-likeness (QED) is 0.531. The first-order valence-electron chi connectivity index (χ1n) is 6.24. The molecule has 18 heavy (non-hydrogen) atoms. The van der Waals surface area contributed by atoms with Crippen molar-refractivity contribution in [1.29, 1.82) is 0 Å². The average molecular weight is 261 g/mol. The van der Waals surface area contributed by atoms with Crippen molar-refractivity contribution in [3.63, 3.8) is 0 Å². The average Bonchev–Trinajstić information content (AvgIpc) is 2.36. The van der Waals surface area contributed by atoms with Crippen molar-refractivity contribution in [3.8, 4) is 0 Å². The zero-order chi connectivity index (χ0) is 13.8. The molecule has 0 fully saturated rings. The van der Waals surface area contributed by atoms with E-state index >= 15 is 0 Å². The molecule has 0 heterocycles. The molecule has 0 atom stereocenters. The molecule has 0 radical (unpaired) electrons. The number of likely N-dealkylation sites (N-methyl/N-ethyl adjacent to an activating group) is 2. The van der Waals surface area contributed by atoms with E-state index in [0.717, 1.165) is 13.1 Å². The normalized spacial score (nSPS) is 10.9. The molecule has 108 valence electrons. The molecule has 0 aliphatic carbocycles. The molecule has 0 aromatic heterocycles. The van der Waals surface area contributed by atoms with Crippen molar-refractivity contribution in [2.75, 3.05) is 74.3 Å². The SMILES string of the molecule is CNCCN(C)CC(=O)N(CCOC)CCOC. The van der Waals surface area contributed by atoms with Gasteiger partial charge in [-0.05, 0) is 14.1 Å². The molecular formula is C12H27N3O3. The van der Waals surface area contributed by atoms with Gasteiger partial charge in [-0.1, -0.05) is 0 Å². The van der Waals surface area contributed by atoms with E-state index in [1.165, 1.54) is 0 Å². The lowest BCUT2D eigenvalue weighted by Crippen LogP contribution is -2.43. The highest BCUT2D eigenvalue weighted by Gasteiger charge is 2.14. The summed E-state index contributed by atoms with van der Waals surface area (Å²) in [5, 5.41) is 3.06. The van der Waals surface area contributed by atoms with Crippen LogP contribution < -0.4 is 5.32 Å². The lowest BCUT2D eigenvalue weighted by Gasteiger charge is -2.25. The van der Waals surface area contributed by atoms with Gasteiger partial charge in [0.1, 0.15) is 0 Å². The Hall–Kier alpha value is -0.690. The largest absolute Gasteiger partial charge is 0.383 e. The highest BCUT2D eigenvalue weighted by atomic mass is 16.5. The van der Waals surface area contributed by atoms with Gasteiger partial charge >= 0.3 is 0 Å². The van der Waals surface area contributed by atoms with Crippen LogP contribution in [0.3, 0.4) is 0 Å². The van der Waals surface area contributed by atoms with Crippen LogP contribution >= 0.6 is 0 Å². The third kappa shape index (κ3) is 8.41. The lowest BCUT2D eigenvalue weighted by molar-refractivity contribution is -0.133. The highest BCUT2D eigenvalue weighted by Crippen LogP contribution is 1.94. The van der Waals surface area contributed by atoms with Crippen molar-refractivity contribution in [2.45, 2.75) is 0 Å². The van der Waals surface area contributed by atoms with Crippen LogP contribution in [0.15, 0.2) is 0 Å². The lowest BCUT2D eigenvalue weighted by atomic mass is 10.4. The number of carbonyl (C=O) groups excluding carboxylic acids is 1. The topological polar surface area (TPSA) is 54.0 Å². The zero-order valence-corrected chi connectivity index (χ0v) is 12.1. The van der Waals surface area contributed by atoms with Gasteiger partial charge in [0.05, 0.1) is 19.8 Å². The summed E-state index contributed by atoms with van der Waals surface area (Å²) in [6.07, 6.45) is 0.